The summed E-state index contributed by atoms with van der Waals surface area (Å²) >= 11 is 6.28. The number of methoxy groups -OCH3 is 1. The summed E-state index contributed by atoms with van der Waals surface area (Å²) in [7, 11) is 1.50. The molecule has 0 bridgehead atoms. The molecule has 0 aliphatic carbocycles. The van der Waals surface area contributed by atoms with Gasteiger partial charge in [-0.3, -0.25) is 0 Å². The van der Waals surface area contributed by atoms with Gasteiger partial charge in [0.1, 0.15) is 0 Å². The molecule has 1 aromatic heterocycles. The maximum Gasteiger partial charge on any atom is 0.166 e. The molecule has 2 aromatic carbocycles. The van der Waals surface area contributed by atoms with Gasteiger partial charge < -0.3 is 14.6 Å². The summed E-state index contributed by atoms with van der Waals surface area (Å²) < 4.78 is 21.8. The van der Waals surface area contributed by atoms with Crippen molar-refractivity contribution in [2.24, 2.45) is 0 Å². The Morgan fingerprint density at radius 1 is 1.29 bits per heavy atom. The number of fused-ring (bicyclic) bond motifs is 2. The number of nitrogens with zero attached hydrogens (tertiary/aromatic N) is 1. The Balaban J connectivity index is 1.76. The molecule has 5 heteroatoms. The van der Waals surface area contributed by atoms with Crippen LogP contribution in [-0.4, -0.2) is 18.2 Å². The van der Waals surface area contributed by atoms with Gasteiger partial charge in [0.2, 0.25) is 0 Å². The van der Waals surface area contributed by atoms with Gasteiger partial charge in [-0.15, -0.1) is 0 Å². The molecular weight excluding hydrogens is 327 g/mol. The van der Waals surface area contributed by atoms with Crippen LogP contribution in [0.25, 0.3) is 10.8 Å². The van der Waals surface area contributed by atoms with Gasteiger partial charge >= 0.3 is 0 Å². The lowest BCUT2D eigenvalue weighted by atomic mass is 9.92. The van der Waals surface area contributed by atoms with E-state index in [1.165, 1.54) is 23.9 Å². The first-order chi connectivity index (χ1) is 11.7. The number of hydrogen-bond donors (Lipinski definition) is 1. The van der Waals surface area contributed by atoms with E-state index in [1.807, 2.05) is 12.1 Å². The second kappa shape index (κ2) is 6.11. The van der Waals surface area contributed by atoms with Crippen molar-refractivity contribution < 1.29 is 9.13 Å². The summed E-state index contributed by atoms with van der Waals surface area (Å²) in [6.45, 7) is 1.50. The van der Waals surface area contributed by atoms with Crippen molar-refractivity contribution in [2.45, 2.75) is 19.0 Å². The molecule has 0 saturated heterocycles. The first-order valence-electron chi connectivity index (χ1n) is 8.00. The van der Waals surface area contributed by atoms with E-state index < -0.39 is 5.82 Å². The summed E-state index contributed by atoms with van der Waals surface area (Å²) in [4.78, 5) is 0. The topological polar surface area (TPSA) is 26.2 Å². The predicted octanol–water partition coefficient (Wildman–Crippen LogP) is 4.33. The van der Waals surface area contributed by atoms with Crippen LogP contribution in [0, 0.1) is 5.82 Å². The van der Waals surface area contributed by atoms with E-state index in [1.54, 1.807) is 0 Å². The van der Waals surface area contributed by atoms with Gasteiger partial charge in [-0.05, 0) is 35.4 Å². The van der Waals surface area contributed by atoms with Gasteiger partial charge in [0.15, 0.2) is 11.6 Å². The molecule has 1 N–H and O–H groups in total. The molecule has 0 fully saturated rings. The third-order valence-electron chi connectivity index (χ3n) is 4.65. The Hall–Kier alpha value is -2.04. The van der Waals surface area contributed by atoms with Crippen LogP contribution in [0.1, 0.15) is 17.2 Å². The lowest BCUT2D eigenvalue weighted by Gasteiger charge is -2.30. The van der Waals surface area contributed by atoms with Gasteiger partial charge in [0.05, 0.1) is 13.2 Å². The molecule has 0 amide bonds. The molecule has 0 radical (unpaired) electrons. The largest absolute Gasteiger partial charge is 0.493 e. The molecule has 1 atom stereocenters. The minimum absolute atomic E-state index is 0.0429. The second-order valence-corrected chi connectivity index (χ2v) is 6.51. The number of nitrogens with one attached hydrogen (secondary N) is 1. The van der Waals surface area contributed by atoms with E-state index in [2.05, 4.69) is 34.4 Å². The van der Waals surface area contributed by atoms with Crippen molar-refractivity contribution in [3.05, 3.63) is 64.7 Å². The van der Waals surface area contributed by atoms with Crippen LogP contribution in [0.15, 0.2) is 42.7 Å². The van der Waals surface area contributed by atoms with Gasteiger partial charge in [0.25, 0.3) is 0 Å². The third-order valence-corrected chi connectivity index (χ3v) is 4.98. The fourth-order valence-corrected chi connectivity index (χ4v) is 3.87. The van der Waals surface area contributed by atoms with E-state index in [9.17, 15) is 4.39 Å². The Labute approximate surface area is 145 Å². The third kappa shape index (κ3) is 2.56. The van der Waals surface area contributed by atoms with Crippen molar-refractivity contribution in [2.75, 3.05) is 13.7 Å². The maximum absolute atomic E-state index is 14.3. The van der Waals surface area contributed by atoms with Gasteiger partial charge in [-0.1, -0.05) is 35.9 Å². The van der Waals surface area contributed by atoms with Gasteiger partial charge in [-0.2, -0.15) is 0 Å². The maximum atomic E-state index is 14.3. The van der Waals surface area contributed by atoms with Crippen LogP contribution in [0.3, 0.4) is 0 Å². The highest BCUT2D eigenvalue weighted by Crippen LogP contribution is 2.39. The zero-order valence-electron chi connectivity index (χ0n) is 13.4. The minimum Gasteiger partial charge on any atom is -0.493 e. The number of aromatic nitrogens is 1. The first kappa shape index (κ1) is 15.5. The van der Waals surface area contributed by atoms with E-state index in [-0.39, 0.29) is 6.04 Å². The normalized spacial score (nSPS) is 17.0. The molecule has 3 nitrogen and oxygen atoms in total. The average molecular weight is 345 g/mol. The Morgan fingerprint density at radius 2 is 2.00 bits per heavy atom. The number of halogens is 2. The number of benzene rings is 2. The summed E-state index contributed by atoms with van der Waals surface area (Å²) in [5, 5.41) is 6.34. The van der Waals surface area contributed by atoms with Crippen LogP contribution in [0.4, 0.5) is 4.39 Å². The standard InChI is InChI=1S/C19H18ClFN2O/c1-24-19-16(21)8-15(20)14-6-7-22-17(18(14)19)11-23-9-12-4-2-3-5-13(12)10-23/h2-5,8-10,17,22H,6-7,11H2,1H3. The molecule has 0 saturated carbocycles. The molecule has 2 heterocycles. The van der Waals surface area contributed by atoms with Crippen LogP contribution < -0.4 is 10.1 Å². The predicted molar refractivity (Wildman–Crippen MR) is 94.3 cm³/mol. The highest BCUT2D eigenvalue weighted by atomic mass is 35.5. The average Bonchev–Trinajstić information content (AvgIpc) is 2.98. The summed E-state index contributed by atoms with van der Waals surface area (Å²) in [5.74, 6) is -0.115. The van der Waals surface area contributed by atoms with Crippen molar-refractivity contribution in [1.82, 2.24) is 9.88 Å². The van der Waals surface area contributed by atoms with E-state index >= 15 is 0 Å². The number of rotatable bonds is 3. The minimum atomic E-state index is -0.410. The highest BCUT2D eigenvalue weighted by molar-refractivity contribution is 6.31. The summed E-state index contributed by atoms with van der Waals surface area (Å²) in [5.41, 5.74) is 1.82. The van der Waals surface area contributed by atoms with Crippen LogP contribution in [0.5, 0.6) is 5.75 Å². The van der Waals surface area contributed by atoms with Crippen molar-refractivity contribution in [3.8, 4) is 5.75 Å². The first-order valence-corrected chi connectivity index (χ1v) is 8.38. The highest BCUT2D eigenvalue weighted by Gasteiger charge is 2.28. The molecule has 1 aliphatic rings. The van der Waals surface area contributed by atoms with Gasteiger partial charge in [0, 0.05) is 29.5 Å². The molecule has 3 aromatic rings. The fraction of sp³-hybridized carbons (Fsp3) is 0.263. The molecule has 0 spiro atoms. The Kier molecular flexibility index (Phi) is 3.94. The zero-order chi connectivity index (χ0) is 16.7. The quantitative estimate of drug-likeness (QED) is 0.765. The number of ether oxygens (including phenoxy) is 1. The lowest BCUT2D eigenvalue weighted by Crippen LogP contribution is -2.33. The van der Waals surface area contributed by atoms with Crippen LogP contribution in [-0.2, 0) is 13.0 Å². The molecule has 1 unspecified atom stereocenters. The number of hydrogen-bond acceptors (Lipinski definition) is 2. The van der Waals surface area contributed by atoms with E-state index in [0.717, 1.165) is 24.1 Å². The second-order valence-electron chi connectivity index (χ2n) is 6.11. The Bertz CT molecular complexity index is 853. The lowest BCUT2D eigenvalue weighted by molar-refractivity contribution is 0.358. The van der Waals surface area contributed by atoms with Crippen molar-refractivity contribution in [1.29, 1.82) is 0 Å². The zero-order valence-corrected chi connectivity index (χ0v) is 14.1. The molecular formula is C19H18ClFN2O. The van der Waals surface area contributed by atoms with Crippen LogP contribution in [0.2, 0.25) is 5.02 Å². The smallest absolute Gasteiger partial charge is 0.166 e. The molecule has 1 aliphatic heterocycles. The summed E-state index contributed by atoms with van der Waals surface area (Å²) in [6, 6.07) is 9.54. The van der Waals surface area contributed by atoms with Crippen LogP contribution >= 0.6 is 11.6 Å². The fourth-order valence-electron chi connectivity index (χ4n) is 3.57. The molecule has 4 rings (SSSR count). The Morgan fingerprint density at radius 3 is 2.67 bits per heavy atom. The van der Waals surface area contributed by atoms with Crippen molar-refractivity contribution >= 4 is 22.4 Å². The van der Waals surface area contributed by atoms with Gasteiger partial charge in [-0.25, -0.2) is 4.39 Å². The monoisotopic (exact) mass is 344 g/mol. The van der Waals surface area contributed by atoms with E-state index in [4.69, 9.17) is 16.3 Å². The SMILES string of the molecule is COc1c(F)cc(Cl)c2c1C(Cn1cc3ccccc3c1)NCC2. The van der Waals surface area contributed by atoms with E-state index in [0.29, 0.717) is 17.3 Å². The van der Waals surface area contributed by atoms with Crippen molar-refractivity contribution in [3.63, 3.8) is 0 Å². The summed E-state index contributed by atoms with van der Waals surface area (Å²) in [6.07, 6.45) is 4.99. The molecule has 124 valence electrons. The molecule has 24 heavy (non-hydrogen) atoms.